The summed E-state index contributed by atoms with van der Waals surface area (Å²) in [6.45, 7) is 10.9. The van der Waals surface area contributed by atoms with E-state index in [1.54, 1.807) is 6.07 Å². The van der Waals surface area contributed by atoms with Gasteiger partial charge in [-0.05, 0) is 22.8 Å². The van der Waals surface area contributed by atoms with Gasteiger partial charge in [-0.3, -0.25) is 6.08 Å². The molecule has 0 saturated heterocycles. The van der Waals surface area contributed by atoms with Gasteiger partial charge in [0, 0.05) is 27.3 Å². The van der Waals surface area contributed by atoms with Crippen molar-refractivity contribution >= 4 is 0 Å². The molecule has 3 aromatic rings. The third-order valence-corrected chi connectivity index (χ3v) is 5.77. The zero-order chi connectivity index (χ0) is 21.0. The van der Waals surface area contributed by atoms with E-state index in [-0.39, 0.29) is 27.1 Å². The second kappa shape index (κ2) is 10.1. The van der Waals surface area contributed by atoms with Gasteiger partial charge in [-0.1, -0.05) is 106 Å². The van der Waals surface area contributed by atoms with Crippen molar-refractivity contribution in [2.24, 2.45) is 5.41 Å². The van der Waals surface area contributed by atoms with Crippen LogP contribution in [0.25, 0.3) is 22.3 Å². The van der Waals surface area contributed by atoms with Gasteiger partial charge in [0.25, 0.3) is 0 Å². The summed E-state index contributed by atoms with van der Waals surface area (Å²) in [6.07, 6.45) is 3.44. The van der Waals surface area contributed by atoms with Gasteiger partial charge < -0.3 is 5.11 Å². The van der Waals surface area contributed by atoms with Crippen molar-refractivity contribution in [3.05, 3.63) is 102 Å². The monoisotopic (exact) mass is 429 g/mol. The molecule has 0 fully saturated rings. The molecule has 0 atom stereocenters. The molecule has 2 heteroatoms. The molecular formula is C28H29OTi-. The Morgan fingerprint density at radius 1 is 0.667 bits per heavy atom. The van der Waals surface area contributed by atoms with Crippen LogP contribution in [-0.2, 0) is 21.7 Å². The number of hydrogen-bond donors (Lipinski definition) is 1. The zero-order valence-corrected chi connectivity index (χ0v) is 20.0. The second-order valence-electron chi connectivity index (χ2n) is 8.05. The fourth-order valence-corrected chi connectivity index (χ4v) is 3.70. The molecule has 1 aliphatic rings. The van der Waals surface area contributed by atoms with Crippen LogP contribution in [0.3, 0.4) is 0 Å². The Morgan fingerprint density at radius 3 is 1.63 bits per heavy atom. The average Bonchev–Trinajstić information content (AvgIpc) is 2.91. The molecule has 0 unspecified atom stereocenters. The van der Waals surface area contributed by atoms with Gasteiger partial charge in [-0.15, -0.1) is 6.92 Å². The fraction of sp³-hybridized carbons (Fsp3) is 0.214. The number of allylic oxidation sites excluding steroid dienone is 4. The smallest absolute Gasteiger partial charge is 0.123 e. The first kappa shape index (κ1) is 23.9. The molecule has 1 aliphatic carbocycles. The first-order valence-corrected chi connectivity index (χ1v) is 10.0. The van der Waals surface area contributed by atoms with Crippen LogP contribution in [0.4, 0.5) is 0 Å². The summed E-state index contributed by atoms with van der Waals surface area (Å²) >= 11 is 0. The quantitative estimate of drug-likeness (QED) is 0.325. The molecule has 0 aliphatic heterocycles. The predicted octanol–water partition coefficient (Wildman–Crippen LogP) is 7.84. The molecule has 4 rings (SSSR count). The molecule has 0 saturated carbocycles. The normalized spacial score (nSPS) is 14.4. The third kappa shape index (κ3) is 5.22. The van der Waals surface area contributed by atoms with Crippen LogP contribution in [0, 0.1) is 11.5 Å². The molecule has 0 amide bonds. The molecule has 152 valence electrons. The number of phenolic OH excluding ortho intramolecular Hbond substituents is 1. The Bertz CT molecular complexity index is 1060. The predicted molar refractivity (Wildman–Crippen MR) is 124 cm³/mol. The van der Waals surface area contributed by atoms with Crippen LogP contribution in [0.1, 0.15) is 34.6 Å². The Hall–Kier alpha value is -2.35. The molecule has 1 nitrogen and oxygen atoms in total. The largest absolute Gasteiger partial charge is 0.507 e. The van der Waals surface area contributed by atoms with Gasteiger partial charge in [0.05, 0.1) is 0 Å². The van der Waals surface area contributed by atoms with E-state index in [4.69, 9.17) is 0 Å². The van der Waals surface area contributed by atoms with Crippen LogP contribution < -0.4 is 0 Å². The first-order valence-electron chi connectivity index (χ1n) is 10.0. The summed E-state index contributed by atoms with van der Waals surface area (Å²) in [5.74, 6) is 0.311. The molecule has 0 heterocycles. The molecule has 3 aromatic carbocycles. The standard InChI is InChI=1S/C18H14O.C10H15.Ti/c19-18-13-7-6-12-17(18)16-11-5-4-10-15(16)14-8-2-1-3-9-14;1-7-6-10(4,5)9(3)8(7)2;/h1-13,19H;1-5H3;/q;-1;. The van der Waals surface area contributed by atoms with Gasteiger partial charge in [-0.25, -0.2) is 5.57 Å². The maximum atomic E-state index is 10.0. The minimum absolute atomic E-state index is 0. The molecule has 1 N–H and O–H groups in total. The van der Waals surface area contributed by atoms with Crippen molar-refractivity contribution in [3.8, 4) is 28.0 Å². The summed E-state index contributed by atoms with van der Waals surface area (Å²) in [4.78, 5) is 0. The Balaban J connectivity index is 0.000000249. The van der Waals surface area contributed by atoms with E-state index in [0.29, 0.717) is 5.75 Å². The first-order chi connectivity index (χ1) is 13.8. The summed E-state index contributed by atoms with van der Waals surface area (Å²) in [6, 6.07) is 25.8. The van der Waals surface area contributed by atoms with E-state index < -0.39 is 0 Å². The summed E-state index contributed by atoms with van der Waals surface area (Å²) in [5, 5.41) is 10.0. The topological polar surface area (TPSA) is 20.2 Å². The van der Waals surface area contributed by atoms with Crippen molar-refractivity contribution in [2.75, 3.05) is 0 Å². The van der Waals surface area contributed by atoms with E-state index in [9.17, 15) is 5.11 Å². The number of phenols is 1. The maximum Gasteiger partial charge on any atom is 0.123 e. The minimum atomic E-state index is 0. The van der Waals surface area contributed by atoms with Crippen LogP contribution >= 0.6 is 0 Å². The molecule has 0 radical (unpaired) electrons. The summed E-state index contributed by atoms with van der Waals surface area (Å²) < 4.78 is 0. The summed E-state index contributed by atoms with van der Waals surface area (Å²) in [7, 11) is 0. The average molecular weight is 429 g/mol. The minimum Gasteiger partial charge on any atom is -0.507 e. The summed E-state index contributed by atoms with van der Waals surface area (Å²) in [5.41, 5.74) is 8.59. The molecule has 0 aromatic heterocycles. The molecule has 0 spiro atoms. The van der Waals surface area contributed by atoms with E-state index in [1.807, 2.05) is 54.6 Å². The molecular weight excluding hydrogens is 400 g/mol. The van der Waals surface area contributed by atoms with Crippen LogP contribution in [0.15, 0.2) is 95.6 Å². The van der Waals surface area contributed by atoms with Gasteiger partial charge in [0.15, 0.2) is 0 Å². The number of benzene rings is 3. The van der Waals surface area contributed by atoms with E-state index in [0.717, 1.165) is 22.3 Å². The Kier molecular flexibility index (Phi) is 8.06. The maximum absolute atomic E-state index is 10.0. The fourth-order valence-electron chi connectivity index (χ4n) is 3.70. The van der Waals surface area contributed by atoms with Gasteiger partial charge in [0.1, 0.15) is 5.75 Å². The van der Waals surface area contributed by atoms with Crippen molar-refractivity contribution < 1.29 is 26.8 Å². The molecule has 30 heavy (non-hydrogen) atoms. The van der Waals surface area contributed by atoms with Gasteiger partial charge in [0.2, 0.25) is 0 Å². The Labute approximate surface area is 196 Å². The number of hydrogen-bond acceptors (Lipinski definition) is 1. The van der Waals surface area contributed by atoms with Crippen LogP contribution in [0.5, 0.6) is 5.75 Å². The van der Waals surface area contributed by atoms with Crippen molar-refractivity contribution in [3.63, 3.8) is 0 Å². The number of rotatable bonds is 2. The van der Waals surface area contributed by atoms with Crippen LogP contribution in [-0.4, -0.2) is 5.11 Å². The van der Waals surface area contributed by atoms with Gasteiger partial charge >= 0.3 is 0 Å². The number of para-hydroxylation sites is 1. The third-order valence-electron chi connectivity index (χ3n) is 5.77. The van der Waals surface area contributed by atoms with E-state index in [1.165, 1.54) is 16.7 Å². The van der Waals surface area contributed by atoms with Gasteiger partial charge in [-0.2, -0.15) is 11.1 Å². The van der Waals surface area contributed by atoms with Crippen molar-refractivity contribution in [1.29, 1.82) is 0 Å². The Morgan fingerprint density at radius 2 is 1.17 bits per heavy atom. The number of aromatic hydroxyl groups is 1. The van der Waals surface area contributed by atoms with Crippen molar-refractivity contribution in [2.45, 2.75) is 34.6 Å². The van der Waals surface area contributed by atoms with Crippen molar-refractivity contribution in [1.82, 2.24) is 0 Å². The molecule has 0 bridgehead atoms. The van der Waals surface area contributed by atoms with Crippen LogP contribution in [0.2, 0.25) is 0 Å². The van der Waals surface area contributed by atoms with E-state index in [2.05, 4.69) is 58.9 Å². The second-order valence-corrected chi connectivity index (χ2v) is 8.05. The zero-order valence-electron chi connectivity index (χ0n) is 18.5. The van der Waals surface area contributed by atoms with E-state index >= 15 is 0 Å². The SMILES string of the molecule is CC1=[C-]C(C)(C)C(C)=C1C.Oc1ccccc1-c1ccccc1-c1ccccc1.[Ti].